The average Bonchev–Trinajstić information content (AvgIpc) is 2.38. The summed E-state index contributed by atoms with van der Waals surface area (Å²) in [6.07, 6.45) is 5.31. The molecule has 1 aromatic carbocycles. The van der Waals surface area contributed by atoms with Crippen molar-refractivity contribution in [1.29, 1.82) is 0 Å². The van der Waals surface area contributed by atoms with Crippen LogP contribution in [0.4, 0.5) is 0 Å². The van der Waals surface area contributed by atoms with Crippen molar-refractivity contribution in [2.24, 2.45) is 5.92 Å². The van der Waals surface area contributed by atoms with Gasteiger partial charge < -0.3 is 4.74 Å². The summed E-state index contributed by atoms with van der Waals surface area (Å²) in [7, 11) is 0. The fourth-order valence-electron chi connectivity index (χ4n) is 2.45. The zero-order valence-corrected chi connectivity index (χ0v) is 14.2. The molecular weight excluding hydrogens is 300 g/mol. The highest BCUT2D eigenvalue weighted by molar-refractivity contribution is 9.09. The van der Waals surface area contributed by atoms with Crippen molar-refractivity contribution in [3.05, 3.63) is 29.8 Å². The quantitative estimate of drug-likeness (QED) is 0.522. The van der Waals surface area contributed by atoms with E-state index in [0.717, 1.165) is 11.7 Å². The second-order valence-corrected chi connectivity index (χ2v) is 6.46. The molecule has 19 heavy (non-hydrogen) atoms. The second-order valence-electron chi connectivity index (χ2n) is 5.47. The van der Waals surface area contributed by atoms with E-state index in [2.05, 4.69) is 67.9 Å². The number of alkyl halides is 1. The summed E-state index contributed by atoms with van der Waals surface area (Å²) < 4.78 is 5.69. The molecule has 0 radical (unpaired) electrons. The fourth-order valence-corrected chi connectivity index (χ4v) is 3.29. The zero-order chi connectivity index (χ0) is 14.3. The van der Waals surface area contributed by atoms with E-state index in [0.29, 0.717) is 4.83 Å². The van der Waals surface area contributed by atoms with E-state index in [4.69, 9.17) is 4.74 Å². The summed E-state index contributed by atoms with van der Waals surface area (Å²) in [5, 5.41) is 0. The lowest BCUT2D eigenvalue weighted by atomic mass is 9.91. The highest BCUT2D eigenvalue weighted by Gasteiger charge is 2.19. The van der Waals surface area contributed by atoms with Gasteiger partial charge in [-0.05, 0) is 50.3 Å². The third-order valence-corrected chi connectivity index (χ3v) is 4.58. The Morgan fingerprint density at radius 2 is 1.53 bits per heavy atom. The van der Waals surface area contributed by atoms with E-state index in [1.54, 1.807) is 0 Å². The Hall–Kier alpha value is -0.500. The van der Waals surface area contributed by atoms with Crippen LogP contribution in [0.15, 0.2) is 24.3 Å². The van der Waals surface area contributed by atoms with Crippen LogP contribution in [0.25, 0.3) is 0 Å². The molecule has 1 unspecified atom stereocenters. The molecule has 0 aromatic heterocycles. The lowest BCUT2D eigenvalue weighted by Gasteiger charge is -2.22. The third kappa shape index (κ3) is 5.56. The zero-order valence-electron chi connectivity index (χ0n) is 12.7. The van der Waals surface area contributed by atoms with Crippen molar-refractivity contribution in [3.8, 4) is 5.75 Å². The van der Waals surface area contributed by atoms with Gasteiger partial charge in [-0.3, -0.25) is 0 Å². The molecule has 1 rings (SSSR count). The normalized spacial score (nSPS) is 13.0. The molecule has 0 aliphatic rings. The fraction of sp³-hybridized carbons (Fsp3) is 0.647. The van der Waals surface area contributed by atoms with Crippen molar-refractivity contribution in [1.82, 2.24) is 0 Å². The predicted octanol–water partition coefficient (Wildman–Crippen LogP) is 6.13. The van der Waals surface area contributed by atoms with Crippen molar-refractivity contribution in [2.45, 2.75) is 64.3 Å². The molecule has 0 N–H and O–H groups in total. The lowest BCUT2D eigenvalue weighted by Crippen LogP contribution is -2.08. The molecule has 0 aliphatic heterocycles. The summed E-state index contributed by atoms with van der Waals surface area (Å²) in [5.41, 5.74) is 1.36. The Labute approximate surface area is 126 Å². The van der Waals surface area contributed by atoms with E-state index in [9.17, 15) is 0 Å². The minimum Gasteiger partial charge on any atom is -0.491 e. The van der Waals surface area contributed by atoms with Crippen LogP contribution in [0.3, 0.4) is 0 Å². The molecule has 0 spiro atoms. The summed E-state index contributed by atoms with van der Waals surface area (Å²) in [5.74, 6) is 1.69. The van der Waals surface area contributed by atoms with Crippen LogP contribution >= 0.6 is 15.9 Å². The predicted molar refractivity (Wildman–Crippen MR) is 87.2 cm³/mol. The summed E-state index contributed by atoms with van der Waals surface area (Å²) >= 11 is 3.89. The van der Waals surface area contributed by atoms with Crippen LogP contribution in [0, 0.1) is 5.92 Å². The molecule has 0 heterocycles. The molecule has 1 atom stereocenters. The lowest BCUT2D eigenvalue weighted by molar-refractivity contribution is 0.242. The van der Waals surface area contributed by atoms with Crippen molar-refractivity contribution in [2.75, 3.05) is 0 Å². The first-order valence-electron chi connectivity index (χ1n) is 7.49. The van der Waals surface area contributed by atoms with Gasteiger partial charge in [0.15, 0.2) is 0 Å². The van der Waals surface area contributed by atoms with Crippen LogP contribution in [-0.4, -0.2) is 6.10 Å². The Bertz CT molecular complexity index is 339. The van der Waals surface area contributed by atoms with Crippen LogP contribution in [0.5, 0.6) is 5.75 Å². The molecule has 1 nitrogen and oxygen atoms in total. The molecule has 0 aliphatic carbocycles. The van der Waals surface area contributed by atoms with Crippen LogP contribution in [0.1, 0.15) is 63.8 Å². The number of rotatable bonds is 8. The maximum absolute atomic E-state index is 5.69. The number of halogens is 1. The minimum absolute atomic E-state index is 0.235. The third-order valence-electron chi connectivity index (χ3n) is 3.30. The molecule has 0 fully saturated rings. The highest BCUT2D eigenvalue weighted by atomic mass is 79.9. The van der Waals surface area contributed by atoms with Crippen molar-refractivity contribution in [3.63, 3.8) is 0 Å². The van der Waals surface area contributed by atoms with Gasteiger partial charge in [-0.15, -0.1) is 0 Å². The Kier molecular flexibility index (Phi) is 7.52. The first-order chi connectivity index (χ1) is 9.08. The van der Waals surface area contributed by atoms with E-state index in [1.807, 2.05) is 0 Å². The average molecular weight is 327 g/mol. The Morgan fingerprint density at radius 3 is 1.95 bits per heavy atom. The summed E-state index contributed by atoms with van der Waals surface area (Å²) in [6.45, 7) is 8.64. The van der Waals surface area contributed by atoms with Gasteiger partial charge >= 0.3 is 0 Å². The van der Waals surface area contributed by atoms with Gasteiger partial charge in [0.25, 0.3) is 0 Å². The second kappa shape index (κ2) is 8.63. The summed E-state index contributed by atoms with van der Waals surface area (Å²) in [4.78, 5) is 0.459. The first-order valence-corrected chi connectivity index (χ1v) is 8.40. The topological polar surface area (TPSA) is 9.23 Å². The molecule has 0 saturated carbocycles. The standard InChI is InChI=1S/C17H27BrO/c1-5-7-14(8-6-2)17(18)15-9-11-16(12-10-15)19-13(3)4/h9-14,17H,5-8H2,1-4H3. The molecule has 1 aromatic rings. The van der Waals surface area contributed by atoms with E-state index >= 15 is 0 Å². The minimum atomic E-state index is 0.235. The van der Waals surface area contributed by atoms with E-state index in [-0.39, 0.29) is 6.10 Å². The highest BCUT2D eigenvalue weighted by Crippen LogP contribution is 2.37. The van der Waals surface area contributed by atoms with Gasteiger partial charge in [0.05, 0.1) is 6.10 Å². The van der Waals surface area contributed by atoms with Crippen LogP contribution in [-0.2, 0) is 0 Å². The van der Waals surface area contributed by atoms with Crippen LogP contribution < -0.4 is 4.74 Å². The number of benzene rings is 1. The number of ether oxygens (including phenoxy) is 1. The molecule has 108 valence electrons. The SMILES string of the molecule is CCCC(CCC)C(Br)c1ccc(OC(C)C)cc1. The van der Waals surface area contributed by atoms with Crippen LogP contribution in [0.2, 0.25) is 0 Å². The first kappa shape index (κ1) is 16.6. The molecular formula is C17H27BrO. The number of hydrogen-bond acceptors (Lipinski definition) is 1. The van der Waals surface area contributed by atoms with Gasteiger partial charge in [0.1, 0.15) is 5.75 Å². The van der Waals surface area contributed by atoms with Crippen molar-refractivity contribution < 1.29 is 4.74 Å². The summed E-state index contributed by atoms with van der Waals surface area (Å²) in [6, 6.07) is 8.54. The van der Waals surface area contributed by atoms with E-state index < -0.39 is 0 Å². The maximum atomic E-state index is 5.69. The van der Waals surface area contributed by atoms with E-state index in [1.165, 1.54) is 31.2 Å². The molecule has 0 amide bonds. The smallest absolute Gasteiger partial charge is 0.119 e. The molecule has 2 heteroatoms. The monoisotopic (exact) mass is 326 g/mol. The van der Waals surface area contributed by atoms with Gasteiger partial charge in [0, 0.05) is 4.83 Å². The Morgan fingerprint density at radius 1 is 1.00 bits per heavy atom. The van der Waals surface area contributed by atoms with Gasteiger partial charge in [0.2, 0.25) is 0 Å². The van der Waals surface area contributed by atoms with Gasteiger partial charge in [-0.25, -0.2) is 0 Å². The van der Waals surface area contributed by atoms with Crippen molar-refractivity contribution >= 4 is 15.9 Å². The molecule has 0 saturated heterocycles. The maximum Gasteiger partial charge on any atom is 0.119 e. The van der Waals surface area contributed by atoms with Gasteiger partial charge in [-0.1, -0.05) is 54.8 Å². The Balaban J connectivity index is 2.72. The van der Waals surface area contributed by atoms with Gasteiger partial charge in [-0.2, -0.15) is 0 Å². The number of hydrogen-bond donors (Lipinski definition) is 0. The molecule has 0 bridgehead atoms. The largest absolute Gasteiger partial charge is 0.491 e.